The third-order valence-corrected chi connectivity index (χ3v) is 6.45. The Balaban J connectivity index is 1.69. The number of carbonyl (C=O) groups is 1. The molecule has 1 aromatic carbocycles. The van der Waals surface area contributed by atoms with E-state index < -0.39 is 0 Å². The smallest absolute Gasteiger partial charge is 0.305 e. The summed E-state index contributed by atoms with van der Waals surface area (Å²) in [5.41, 5.74) is 3.52. The number of allylic oxidation sites excluding steroid dienone is 1. The third kappa shape index (κ3) is 3.81. The van der Waals surface area contributed by atoms with Gasteiger partial charge in [-0.05, 0) is 43.0 Å². The van der Waals surface area contributed by atoms with Gasteiger partial charge in [0.15, 0.2) is 0 Å². The van der Waals surface area contributed by atoms with Crippen molar-refractivity contribution in [3.63, 3.8) is 0 Å². The van der Waals surface area contributed by atoms with Crippen LogP contribution < -0.4 is 10.2 Å². The quantitative estimate of drug-likeness (QED) is 0.507. The zero-order valence-corrected chi connectivity index (χ0v) is 16.2. The first kappa shape index (κ1) is 17.9. The van der Waals surface area contributed by atoms with Crippen molar-refractivity contribution in [1.82, 2.24) is 15.0 Å². The summed E-state index contributed by atoms with van der Waals surface area (Å²) in [5, 5.41) is 4.24. The van der Waals surface area contributed by atoms with Crippen LogP contribution >= 0.6 is 23.1 Å². The number of rotatable bonds is 3. The number of hydrogen-bond acceptors (Lipinski definition) is 7. The highest BCUT2D eigenvalue weighted by Crippen LogP contribution is 2.37. The van der Waals surface area contributed by atoms with Crippen molar-refractivity contribution in [2.24, 2.45) is 5.92 Å². The number of anilines is 2. The molecular weight excluding hydrogens is 380 g/mol. The van der Waals surface area contributed by atoms with Crippen LogP contribution in [0.5, 0.6) is 0 Å². The zero-order valence-electron chi connectivity index (χ0n) is 14.5. The summed E-state index contributed by atoms with van der Waals surface area (Å²) >= 11 is 2.81. The molecule has 3 aromatic rings. The van der Waals surface area contributed by atoms with Gasteiger partial charge in [0.25, 0.3) is 0 Å². The first-order valence-corrected chi connectivity index (χ1v) is 10.5. The minimum atomic E-state index is -0.0694. The second-order valence-corrected chi connectivity index (χ2v) is 8.53. The van der Waals surface area contributed by atoms with Crippen molar-refractivity contribution in [2.45, 2.75) is 24.3 Å². The van der Waals surface area contributed by atoms with Gasteiger partial charge in [0.1, 0.15) is 23.5 Å². The summed E-state index contributed by atoms with van der Waals surface area (Å²) in [6.45, 7) is 4.23. The molecule has 2 aromatic heterocycles. The van der Waals surface area contributed by atoms with Crippen molar-refractivity contribution in [3.8, 4) is 0 Å². The van der Waals surface area contributed by atoms with E-state index in [4.69, 9.17) is 0 Å². The fraction of sp³-hybridized carbons (Fsp3) is 0.263. The van der Waals surface area contributed by atoms with Gasteiger partial charge in [0.2, 0.25) is 0 Å². The largest absolute Gasteiger partial charge is 0.340 e. The molecule has 0 fully saturated rings. The number of aromatic amines is 1. The van der Waals surface area contributed by atoms with E-state index in [1.54, 1.807) is 18.1 Å². The highest BCUT2D eigenvalue weighted by molar-refractivity contribution is 7.99. The number of fused-ring (bicyclic) bond motifs is 2. The van der Waals surface area contributed by atoms with Gasteiger partial charge in [-0.3, -0.25) is 4.79 Å². The Morgan fingerprint density at radius 2 is 2.19 bits per heavy atom. The standard InChI is InChI=1S/C19H18N4O2S2/c1-11-2-3-12(9-24)6-7-26-18-16(11)17(20-10-21-18)22-13-4-5-14-15(8-13)27-19(25)23-14/h4-5,8-10,12H,1-3,6-7H2,(H,23,25)(H,20,21,22). The fourth-order valence-electron chi connectivity index (χ4n) is 3.12. The summed E-state index contributed by atoms with van der Waals surface area (Å²) in [7, 11) is 0. The predicted octanol–water partition coefficient (Wildman–Crippen LogP) is 4.23. The van der Waals surface area contributed by atoms with Gasteiger partial charge in [-0.25, -0.2) is 9.97 Å². The van der Waals surface area contributed by atoms with Crippen molar-refractivity contribution in [3.05, 3.63) is 46.3 Å². The van der Waals surface area contributed by atoms with Crippen LogP contribution in [0, 0.1) is 5.92 Å². The fourth-order valence-corrected chi connectivity index (χ4v) is 5.02. The van der Waals surface area contributed by atoms with E-state index in [2.05, 4.69) is 26.8 Å². The first-order valence-electron chi connectivity index (χ1n) is 8.65. The maximum absolute atomic E-state index is 11.5. The molecule has 2 N–H and O–H groups in total. The van der Waals surface area contributed by atoms with Crippen LogP contribution in [0.1, 0.15) is 24.8 Å². The van der Waals surface area contributed by atoms with Gasteiger partial charge < -0.3 is 15.1 Å². The maximum Gasteiger partial charge on any atom is 0.305 e. The summed E-state index contributed by atoms with van der Waals surface area (Å²) in [5.74, 6) is 1.60. The van der Waals surface area contributed by atoms with Crippen molar-refractivity contribution in [2.75, 3.05) is 11.1 Å². The van der Waals surface area contributed by atoms with E-state index in [0.29, 0.717) is 5.82 Å². The minimum Gasteiger partial charge on any atom is -0.340 e. The summed E-state index contributed by atoms with van der Waals surface area (Å²) < 4.78 is 0.890. The lowest BCUT2D eigenvalue weighted by Crippen LogP contribution is -2.03. The molecule has 6 nitrogen and oxygen atoms in total. The molecule has 0 bridgehead atoms. The lowest BCUT2D eigenvalue weighted by atomic mass is 9.96. The number of aldehydes is 1. The summed E-state index contributed by atoms with van der Waals surface area (Å²) in [6.07, 6.45) is 4.96. The normalized spacial score (nSPS) is 17.6. The van der Waals surface area contributed by atoms with Crippen LogP contribution in [0.3, 0.4) is 0 Å². The molecule has 0 spiro atoms. The van der Waals surface area contributed by atoms with Crippen LogP contribution in [-0.4, -0.2) is 27.0 Å². The summed E-state index contributed by atoms with van der Waals surface area (Å²) in [6, 6.07) is 5.72. The number of nitrogens with zero attached hydrogens (tertiary/aromatic N) is 2. The SMILES string of the molecule is C=C1CCC(C=O)CCSc2ncnc(Nc3ccc4[nH]c(=O)sc4c3)c21. The van der Waals surface area contributed by atoms with Crippen molar-refractivity contribution in [1.29, 1.82) is 0 Å². The average Bonchev–Trinajstić information content (AvgIpc) is 3.06. The molecule has 138 valence electrons. The number of thiazole rings is 1. The van der Waals surface area contributed by atoms with Crippen LogP contribution in [0.2, 0.25) is 0 Å². The molecule has 0 aliphatic carbocycles. The van der Waals surface area contributed by atoms with Crippen molar-refractivity contribution < 1.29 is 4.79 Å². The number of hydrogen-bond donors (Lipinski definition) is 2. The van der Waals surface area contributed by atoms with E-state index in [9.17, 15) is 9.59 Å². The Morgan fingerprint density at radius 1 is 1.30 bits per heavy atom. The molecule has 0 saturated heterocycles. The van der Waals surface area contributed by atoms with Gasteiger partial charge >= 0.3 is 4.87 Å². The van der Waals surface area contributed by atoms with Crippen LogP contribution in [0.25, 0.3) is 15.8 Å². The second-order valence-electron chi connectivity index (χ2n) is 6.43. The molecule has 0 saturated carbocycles. The van der Waals surface area contributed by atoms with Gasteiger partial charge in [0, 0.05) is 17.4 Å². The predicted molar refractivity (Wildman–Crippen MR) is 111 cm³/mol. The van der Waals surface area contributed by atoms with E-state index in [-0.39, 0.29) is 10.8 Å². The van der Waals surface area contributed by atoms with E-state index >= 15 is 0 Å². The monoisotopic (exact) mass is 398 g/mol. The Kier molecular flexibility index (Phi) is 5.09. The Bertz CT molecular complexity index is 1070. The zero-order chi connectivity index (χ0) is 18.8. The van der Waals surface area contributed by atoms with Gasteiger partial charge in [0.05, 0.1) is 15.8 Å². The lowest BCUT2D eigenvalue weighted by Gasteiger charge is -2.15. The molecule has 3 heterocycles. The third-order valence-electron chi connectivity index (χ3n) is 4.59. The van der Waals surface area contributed by atoms with Gasteiger partial charge in [-0.1, -0.05) is 17.9 Å². The average molecular weight is 399 g/mol. The molecular formula is C19H18N4O2S2. The van der Waals surface area contributed by atoms with Crippen LogP contribution in [-0.2, 0) is 4.79 Å². The van der Waals surface area contributed by atoms with Gasteiger partial charge in [-0.15, -0.1) is 11.8 Å². The lowest BCUT2D eigenvalue weighted by molar-refractivity contribution is -0.111. The molecule has 8 heteroatoms. The topological polar surface area (TPSA) is 87.7 Å². The van der Waals surface area contributed by atoms with Crippen LogP contribution in [0.15, 0.2) is 40.9 Å². The van der Waals surface area contributed by atoms with E-state index in [1.807, 2.05) is 18.2 Å². The van der Waals surface area contributed by atoms with Gasteiger partial charge in [-0.2, -0.15) is 0 Å². The number of carbonyl (C=O) groups excluding carboxylic acids is 1. The van der Waals surface area contributed by atoms with Crippen molar-refractivity contribution >= 4 is 56.7 Å². The molecule has 1 atom stereocenters. The van der Waals surface area contributed by atoms with E-state index in [0.717, 1.165) is 63.4 Å². The molecule has 1 unspecified atom stereocenters. The highest BCUT2D eigenvalue weighted by Gasteiger charge is 2.20. The van der Waals surface area contributed by atoms with Crippen LogP contribution in [0.4, 0.5) is 11.5 Å². The number of H-pyrrole nitrogens is 1. The molecule has 1 aliphatic heterocycles. The minimum absolute atomic E-state index is 0.0618. The highest BCUT2D eigenvalue weighted by atomic mass is 32.2. The molecule has 4 rings (SSSR count). The second kappa shape index (κ2) is 7.66. The molecule has 0 amide bonds. The number of benzene rings is 1. The molecule has 1 aliphatic rings. The maximum atomic E-state index is 11.5. The number of aromatic nitrogens is 3. The first-order chi connectivity index (χ1) is 13.1. The number of thioether (sulfide) groups is 1. The van der Waals surface area contributed by atoms with E-state index in [1.165, 1.54) is 11.3 Å². The Hall–Kier alpha value is -2.45. The summed E-state index contributed by atoms with van der Waals surface area (Å²) in [4.78, 5) is 34.4. The Morgan fingerprint density at radius 3 is 3.04 bits per heavy atom. The number of nitrogens with one attached hydrogen (secondary N) is 2. The molecule has 0 radical (unpaired) electrons. The molecule has 27 heavy (non-hydrogen) atoms. The Labute approximate surface area is 164 Å².